The molecule has 1 aliphatic rings. The first-order chi connectivity index (χ1) is 11.1. The van der Waals surface area contributed by atoms with Crippen LogP contribution in [0.5, 0.6) is 5.75 Å². The fraction of sp³-hybridized carbons (Fsp3) is 0.412. The quantitative estimate of drug-likeness (QED) is 0.616. The lowest BCUT2D eigenvalue weighted by atomic mass is 9.94. The lowest BCUT2D eigenvalue weighted by molar-refractivity contribution is -0.139. The predicted octanol–water partition coefficient (Wildman–Crippen LogP) is 2.83. The van der Waals surface area contributed by atoms with Gasteiger partial charge in [-0.2, -0.15) is 0 Å². The van der Waals surface area contributed by atoms with E-state index in [1.807, 2.05) is 24.3 Å². The first-order valence-corrected chi connectivity index (χ1v) is 8.13. The number of methoxy groups -OCH3 is 1. The molecule has 1 heterocycles. The third-order valence-electron chi connectivity index (χ3n) is 3.60. The van der Waals surface area contributed by atoms with Crippen LogP contribution < -0.4 is 15.4 Å². The van der Waals surface area contributed by atoms with Crippen molar-refractivity contribution in [3.8, 4) is 5.75 Å². The van der Waals surface area contributed by atoms with E-state index in [0.29, 0.717) is 17.3 Å². The summed E-state index contributed by atoms with van der Waals surface area (Å²) in [6.07, 6.45) is 1.64. The summed E-state index contributed by atoms with van der Waals surface area (Å²) in [5, 5.41) is 6.79. The second-order valence-electron chi connectivity index (χ2n) is 5.17. The average molecular weight is 334 g/mol. The summed E-state index contributed by atoms with van der Waals surface area (Å²) < 4.78 is 10.4. The SMILES string of the molecule is CCCC1=C(C(=O)OCC)[C@H](c2ccc(OC)cc2)NC(=S)N1. The minimum atomic E-state index is -0.324. The van der Waals surface area contributed by atoms with E-state index in [9.17, 15) is 4.79 Å². The summed E-state index contributed by atoms with van der Waals surface area (Å²) in [6.45, 7) is 4.20. The molecule has 5 nitrogen and oxygen atoms in total. The van der Waals surface area contributed by atoms with Crippen LogP contribution in [-0.2, 0) is 9.53 Å². The third kappa shape index (κ3) is 4.01. The molecule has 0 fully saturated rings. The topological polar surface area (TPSA) is 59.6 Å². The summed E-state index contributed by atoms with van der Waals surface area (Å²) >= 11 is 5.29. The van der Waals surface area contributed by atoms with Crippen molar-refractivity contribution in [1.82, 2.24) is 10.6 Å². The van der Waals surface area contributed by atoms with E-state index in [1.165, 1.54) is 0 Å². The van der Waals surface area contributed by atoms with Gasteiger partial charge in [0, 0.05) is 5.70 Å². The lowest BCUT2D eigenvalue weighted by Crippen LogP contribution is -2.45. The van der Waals surface area contributed by atoms with Gasteiger partial charge in [0.05, 0.1) is 25.3 Å². The first kappa shape index (κ1) is 17.3. The van der Waals surface area contributed by atoms with Crippen LogP contribution in [0.3, 0.4) is 0 Å². The van der Waals surface area contributed by atoms with Crippen molar-refractivity contribution in [1.29, 1.82) is 0 Å². The number of ether oxygens (including phenoxy) is 2. The molecule has 0 aromatic heterocycles. The number of allylic oxidation sites excluding steroid dienone is 1. The summed E-state index contributed by atoms with van der Waals surface area (Å²) in [6, 6.07) is 7.25. The van der Waals surface area contributed by atoms with Gasteiger partial charge in [-0.25, -0.2) is 4.79 Å². The molecule has 1 aliphatic heterocycles. The molecule has 23 heavy (non-hydrogen) atoms. The summed E-state index contributed by atoms with van der Waals surface area (Å²) in [5.41, 5.74) is 2.36. The zero-order valence-corrected chi connectivity index (χ0v) is 14.5. The maximum Gasteiger partial charge on any atom is 0.338 e. The van der Waals surface area contributed by atoms with Gasteiger partial charge in [-0.1, -0.05) is 25.5 Å². The molecule has 2 N–H and O–H groups in total. The smallest absolute Gasteiger partial charge is 0.338 e. The Kier molecular flexibility index (Phi) is 5.98. The highest BCUT2D eigenvalue weighted by atomic mass is 32.1. The number of carbonyl (C=O) groups is 1. The van der Waals surface area contributed by atoms with Gasteiger partial charge in [0.15, 0.2) is 5.11 Å². The molecule has 0 saturated carbocycles. The van der Waals surface area contributed by atoms with E-state index in [-0.39, 0.29) is 12.0 Å². The van der Waals surface area contributed by atoms with Gasteiger partial charge < -0.3 is 20.1 Å². The molecule has 0 aliphatic carbocycles. The minimum Gasteiger partial charge on any atom is -0.497 e. The largest absolute Gasteiger partial charge is 0.497 e. The molecule has 0 radical (unpaired) electrons. The molecule has 0 saturated heterocycles. The van der Waals surface area contributed by atoms with Crippen molar-refractivity contribution in [3.05, 3.63) is 41.1 Å². The van der Waals surface area contributed by atoms with E-state index >= 15 is 0 Å². The first-order valence-electron chi connectivity index (χ1n) is 7.72. The van der Waals surface area contributed by atoms with E-state index in [0.717, 1.165) is 29.9 Å². The van der Waals surface area contributed by atoms with Crippen LogP contribution in [0.4, 0.5) is 0 Å². The standard InChI is InChI=1S/C17H22N2O3S/c1-4-6-13-14(16(20)22-5-2)15(19-17(23)18-13)11-7-9-12(21-3)10-8-11/h7-10,15H,4-6H2,1-3H3,(H2,18,19,23)/t15-/m0/s1. The molecule has 1 aromatic carbocycles. The Morgan fingerprint density at radius 2 is 1.96 bits per heavy atom. The van der Waals surface area contributed by atoms with Crippen LogP contribution in [0, 0.1) is 0 Å². The van der Waals surface area contributed by atoms with Gasteiger partial charge in [-0.3, -0.25) is 0 Å². The van der Waals surface area contributed by atoms with Crippen LogP contribution >= 0.6 is 12.2 Å². The maximum absolute atomic E-state index is 12.5. The van der Waals surface area contributed by atoms with Crippen LogP contribution in [-0.4, -0.2) is 24.8 Å². The van der Waals surface area contributed by atoms with Gasteiger partial charge in [0.25, 0.3) is 0 Å². The van der Waals surface area contributed by atoms with Gasteiger partial charge >= 0.3 is 5.97 Å². The summed E-state index contributed by atoms with van der Waals surface area (Å²) in [7, 11) is 1.62. The number of thiocarbonyl (C=S) groups is 1. The Bertz CT molecular complexity index is 611. The van der Waals surface area contributed by atoms with Crippen molar-refractivity contribution >= 4 is 23.3 Å². The van der Waals surface area contributed by atoms with Crippen LogP contribution in [0.15, 0.2) is 35.5 Å². The van der Waals surface area contributed by atoms with E-state index < -0.39 is 0 Å². The zero-order valence-electron chi connectivity index (χ0n) is 13.6. The highest BCUT2D eigenvalue weighted by Crippen LogP contribution is 2.30. The number of benzene rings is 1. The number of rotatable bonds is 6. The molecule has 0 spiro atoms. The van der Waals surface area contributed by atoms with E-state index in [4.69, 9.17) is 21.7 Å². The number of hydrogen-bond acceptors (Lipinski definition) is 4. The number of carbonyl (C=O) groups excluding carboxylic acids is 1. The Morgan fingerprint density at radius 3 is 2.52 bits per heavy atom. The highest BCUT2D eigenvalue weighted by molar-refractivity contribution is 7.80. The number of esters is 1. The minimum absolute atomic E-state index is 0.320. The monoisotopic (exact) mass is 334 g/mol. The fourth-order valence-electron chi connectivity index (χ4n) is 2.56. The lowest BCUT2D eigenvalue weighted by Gasteiger charge is -2.31. The summed E-state index contributed by atoms with van der Waals surface area (Å²) in [5.74, 6) is 0.444. The molecule has 6 heteroatoms. The Balaban J connectivity index is 2.45. The van der Waals surface area contributed by atoms with E-state index in [2.05, 4.69) is 17.6 Å². The zero-order chi connectivity index (χ0) is 16.8. The van der Waals surface area contributed by atoms with Crippen LogP contribution in [0.25, 0.3) is 0 Å². The highest BCUT2D eigenvalue weighted by Gasteiger charge is 2.31. The van der Waals surface area contributed by atoms with Gasteiger partial charge in [0.1, 0.15) is 5.75 Å². The van der Waals surface area contributed by atoms with Crippen molar-refractivity contribution in [3.63, 3.8) is 0 Å². The molecule has 1 aromatic rings. The second-order valence-corrected chi connectivity index (χ2v) is 5.58. The Labute approximate surface area is 142 Å². The van der Waals surface area contributed by atoms with Gasteiger partial charge in [-0.15, -0.1) is 0 Å². The van der Waals surface area contributed by atoms with Crippen molar-refractivity contribution in [2.24, 2.45) is 0 Å². The molecule has 124 valence electrons. The molecular weight excluding hydrogens is 312 g/mol. The maximum atomic E-state index is 12.5. The van der Waals surface area contributed by atoms with Gasteiger partial charge in [-0.05, 0) is 43.3 Å². The van der Waals surface area contributed by atoms with E-state index in [1.54, 1.807) is 14.0 Å². The fourth-order valence-corrected chi connectivity index (χ4v) is 2.80. The third-order valence-corrected chi connectivity index (χ3v) is 3.82. The van der Waals surface area contributed by atoms with Crippen LogP contribution in [0.2, 0.25) is 0 Å². The molecule has 1 atom stereocenters. The number of nitrogens with one attached hydrogen (secondary N) is 2. The van der Waals surface area contributed by atoms with Crippen molar-refractivity contribution in [2.75, 3.05) is 13.7 Å². The molecule has 2 rings (SSSR count). The molecular formula is C17H22N2O3S. The molecule has 0 bridgehead atoms. The predicted molar refractivity (Wildman–Crippen MR) is 93.2 cm³/mol. The normalized spacial score (nSPS) is 17.3. The second kappa shape index (κ2) is 7.97. The Hall–Kier alpha value is -2.08. The van der Waals surface area contributed by atoms with Crippen molar-refractivity contribution < 1.29 is 14.3 Å². The van der Waals surface area contributed by atoms with Crippen LogP contribution in [0.1, 0.15) is 38.3 Å². The number of hydrogen-bond donors (Lipinski definition) is 2. The molecule has 0 amide bonds. The average Bonchev–Trinajstić information content (AvgIpc) is 2.55. The summed E-state index contributed by atoms with van der Waals surface area (Å²) in [4.78, 5) is 12.5. The molecule has 0 unspecified atom stereocenters. The Morgan fingerprint density at radius 1 is 1.26 bits per heavy atom. The van der Waals surface area contributed by atoms with Gasteiger partial charge in [0.2, 0.25) is 0 Å². The van der Waals surface area contributed by atoms with Crippen molar-refractivity contribution in [2.45, 2.75) is 32.7 Å².